The number of halogens is 1. The number of nitrogens with zero attached hydrogens (tertiary/aromatic N) is 1. The number of rotatable bonds is 2. The zero-order chi connectivity index (χ0) is 12.7. The van der Waals surface area contributed by atoms with E-state index in [-0.39, 0.29) is 5.82 Å². The number of piperidine rings is 1. The number of anilines is 1. The van der Waals surface area contributed by atoms with Crippen LogP contribution < -0.4 is 10.2 Å². The maximum absolute atomic E-state index is 13.4. The number of hydrogen-bond acceptors (Lipinski definition) is 2. The largest absolute Gasteiger partial charge is 0.365 e. The van der Waals surface area contributed by atoms with E-state index in [4.69, 9.17) is 0 Å². The topological polar surface area (TPSA) is 15.3 Å². The van der Waals surface area contributed by atoms with E-state index in [1.165, 1.54) is 31.4 Å². The highest BCUT2D eigenvalue weighted by molar-refractivity contribution is 5.52. The molecule has 3 heteroatoms. The third-order valence-corrected chi connectivity index (χ3v) is 4.58. The number of fused-ring (bicyclic) bond motifs is 2. The molecule has 2 fully saturated rings. The summed E-state index contributed by atoms with van der Waals surface area (Å²) in [5.74, 6) is -0.101. The van der Waals surface area contributed by atoms with Crippen molar-refractivity contribution in [3.63, 3.8) is 0 Å². The smallest absolute Gasteiger partial charge is 0.126 e. The lowest BCUT2D eigenvalue weighted by molar-refractivity contribution is 0.373. The lowest BCUT2D eigenvalue weighted by Crippen LogP contribution is -2.48. The lowest BCUT2D eigenvalue weighted by Gasteiger charge is -2.40. The average Bonchev–Trinajstić information content (AvgIpc) is 2.64. The van der Waals surface area contributed by atoms with Gasteiger partial charge in [0.2, 0.25) is 0 Å². The van der Waals surface area contributed by atoms with Gasteiger partial charge in [0.05, 0.1) is 0 Å². The molecule has 1 N–H and O–H groups in total. The van der Waals surface area contributed by atoms with E-state index in [1.54, 1.807) is 6.07 Å². The molecule has 18 heavy (non-hydrogen) atoms. The van der Waals surface area contributed by atoms with E-state index in [2.05, 4.69) is 17.3 Å². The van der Waals surface area contributed by atoms with Crippen molar-refractivity contribution in [3.05, 3.63) is 29.6 Å². The Morgan fingerprint density at radius 1 is 1.22 bits per heavy atom. The van der Waals surface area contributed by atoms with Crippen LogP contribution in [0.3, 0.4) is 0 Å². The van der Waals surface area contributed by atoms with Crippen LogP contribution in [0.4, 0.5) is 10.1 Å². The van der Waals surface area contributed by atoms with Gasteiger partial charge < -0.3 is 10.2 Å². The summed E-state index contributed by atoms with van der Waals surface area (Å²) in [5, 5.41) is 3.41. The normalized spacial score (nSPS) is 30.8. The average molecular weight is 248 g/mol. The first-order valence-electron chi connectivity index (χ1n) is 6.91. The molecule has 0 radical (unpaired) electrons. The van der Waals surface area contributed by atoms with Gasteiger partial charge in [-0.3, -0.25) is 0 Å². The van der Waals surface area contributed by atoms with Gasteiger partial charge in [-0.1, -0.05) is 0 Å². The van der Waals surface area contributed by atoms with Gasteiger partial charge in [-0.25, -0.2) is 4.39 Å². The SMILES string of the molecule is CNC1CC2CCC(C1)N2c1ccc(F)c(C)c1. The first kappa shape index (κ1) is 12.0. The Morgan fingerprint density at radius 2 is 1.89 bits per heavy atom. The van der Waals surface area contributed by atoms with E-state index < -0.39 is 0 Å². The maximum Gasteiger partial charge on any atom is 0.126 e. The summed E-state index contributed by atoms with van der Waals surface area (Å²) in [6, 6.07) is 7.46. The van der Waals surface area contributed by atoms with Crippen molar-refractivity contribution >= 4 is 5.69 Å². The summed E-state index contributed by atoms with van der Waals surface area (Å²) in [4.78, 5) is 2.53. The van der Waals surface area contributed by atoms with Crippen molar-refractivity contribution in [2.24, 2.45) is 0 Å². The Kier molecular flexibility index (Phi) is 3.02. The van der Waals surface area contributed by atoms with Crippen molar-refractivity contribution in [1.82, 2.24) is 5.32 Å². The summed E-state index contributed by atoms with van der Waals surface area (Å²) in [6.07, 6.45) is 4.98. The molecule has 2 heterocycles. The standard InChI is InChI=1S/C15H21FN2/c1-10-7-12(5-6-15(10)16)18-13-3-4-14(18)9-11(8-13)17-2/h5-7,11,13-14,17H,3-4,8-9H2,1-2H3. The van der Waals surface area contributed by atoms with Crippen LogP contribution in [0.25, 0.3) is 0 Å². The molecule has 2 nitrogen and oxygen atoms in total. The molecule has 2 bridgehead atoms. The fourth-order valence-corrected chi connectivity index (χ4v) is 3.62. The van der Waals surface area contributed by atoms with Crippen molar-refractivity contribution in [1.29, 1.82) is 0 Å². The minimum atomic E-state index is -0.101. The molecule has 0 aliphatic carbocycles. The highest BCUT2D eigenvalue weighted by Crippen LogP contribution is 2.39. The zero-order valence-corrected chi connectivity index (χ0v) is 11.1. The number of aryl methyl sites for hydroxylation is 1. The van der Waals surface area contributed by atoms with Gasteiger partial charge in [0, 0.05) is 23.8 Å². The fourth-order valence-electron chi connectivity index (χ4n) is 3.62. The maximum atomic E-state index is 13.4. The Labute approximate surface area is 108 Å². The first-order valence-corrected chi connectivity index (χ1v) is 6.91. The van der Waals surface area contributed by atoms with Crippen LogP contribution in [0, 0.1) is 12.7 Å². The highest BCUT2D eigenvalue weighted by atomic mass is 19.1. The number of nitrogens with one attached hydrogen (secondary N) is 1. The van der Waals surface area contributed by atoms with Gasteiger partial charge >= 0.3 is 0 Å². The Hall–Kier alpha value is -1.09. The second-order valence-corrected chi connectivity index (χ2v) is 5.68. The van der Waals surface area contributed by atoms with E-state index in [1.807, 2.05) is 19.1 Å². The summed E-state index contributed by atoms with van der Waals surface area (Å²) >= 11 is 0. The van der Waals surface area contributed by atoms with Crippen LogP contribution in [0.1, 0.15) is 31.2 Å². The van der Waals surface area contributed by atoms with Gasteiger partial charge in [-0.15, -0.1) is 0 Å². The number of hydrogen-bond donors (Lipinski definition) is 1. The third-order valence-electron chi connectivity index (χ3n) is 4.58. The lowest BCUT2D eigenvalue weighted by atomic mass is 9.96. The molecule has 0 spiro atoms. The summed E-state index contributed by atoms with van der Waals surface area (Å²) < 4.78 is 13.4. The second kappa shape index (κ2) is 4.54. The van der Waals surface area contributed by atoms with Crippen LogP contribution >= 0.6 is 0 Å². The number of benzene rings is 1. The van der Waals surface area contributed by atoms with E-state index in [0.717, 1.165) is 5.56 Å². The van der Waals surface area contributed by atoms with Crippen molar-refractivity contribution in [3.8, 4) is 0 Å². The molecule has 2 atom stereocenters. The van der Waals surface area contributed by atoms with Crippen LogP contribution in [-0.2, 0) is 0 Å². The quantitative estimate of drug-likeness (QED) is 0.865. The molecule has 0 amide bonds. The van der Waals surface area contributed by atoms with E-state index in [9.17, 15) is 4.39 Å². The Morgan fingerprint density at radius 3 is 2.44 bits per heavy atom. The summed E-state index contributed by atoms with van der Waals surface area (Å²) in [5.41, 5.74) is 1.96. The fraction of sp³-hybridized carbons (Fsp3) is 0.600. The molecule has 1 aromatic rings. The molecular formula is C15H21FN2. The molecular weight excluding hydrogens is 227 g/mol. The van der Waals surface area contributed by atoms with Crippen LogP contribution in [0.15, 0.2) is 18.2 Å². The minimum absolute atomic E-state index is 0.101. The molecule has 1 aromatic carbocycles. The first-order chi connectivity index (χ1) is 8.69. The molecule has 0 saturated carbocycles. The van der Waals surface area contributed by atoms with Crippen molar-refractivity contribution < 1.29 is 4.39 Å². The molecule has 3 rings (SSSR count). The van der Waals surface area contributed by atoms with E-state index >= 15 is 0 Å². The highest BCUT2D eigenvalue weighted by Gasteiger charge is 2.40. The molecule has 2 unspecified atom stereocenters. The van der Waals surface area contributed by atoms with Crippen molar-refractivity contribution in [2.75, 3.05) is 11.9 Å². The molecule has 2 saturated heterocycles. The molecule has 0 aromatic heterocycles. The van der Waals surface area contributed by atoms with Crippen LogP contribution in [-0.4, -0.2) is 25.2 Å². The predicted octanol–water partition coefficient (Wildman–Crippen LogP) is 2.85. The Bertz CT molecular complexity index is 432. The van der Waals surface area contributed by atoms with Gasteiger partial charge in [0.1, 0.15) is 5.82 Å². The summed E-state index contributed by atoms with van der Waals surface area (Å²) in [6.45, 7) is 1.85. The van der Waals surface area contributed by atoms with Gasteiger partial charge in [-0.2, -0.15) is 0 Å². The zero-order valence-electron chi connectivity index (χ0n) is 11.1. The monoisotopic (exact) mass is 248 g/mol. The summed E-state index contributed by atoms with van der Waals surface area (Å²) in [7, 11) is 2.06. The predicted molar refractivity (Wildman–Crippen MR) is 72.5 cm³/mol. The molecule has 2 aliphatic rings. The minimum Gasteiger partial charge on any atom is -0.365 e. The molecule has 2 aliphatic heterocycles. The van der Waals surface area contributed by atoms with E-state index in [0.29, 0.717) is 18.1 Å². The van der Waals surface area contributed by atoms with Gasteiger partial charge in [0.25, 0.3) is 0 Å². The second-order valence-electron chi connectivity index (χ2n) is 5.68. The third kappa shape index (κ3) is 1.91. The molecule has 98 valence electrons. The van der Waals surface area contributed by atoms with Gasteiger partial charge in [-0.05, 0) is 63.4 Å². The van der Waals surface area contributed by atoms with Gasteiger partial charge in [0.15, 0.2) is 0 Å². The van der Waals surface area contributed by atoms with Crippen LogP contribution in [0.5, 0.6) is 0 Å². The Balaban J connectivity index is 1.87. The van der Waals surface area contributed by atoms with Crippen molar-refractivity contribution in [2.45, 2.75) is 50.7 Å². The van der Waals surface area contributed by atoms with Crippen LogP contribution in [0.2, 0.25) is 0 Å².